The zero-order chi connectivity index (χ0) is 24.9. The van der Waals surface area contributed by atoms with Crippen LogP contribution in [0.4, 0.5) is 23.8 Å². The lowest BCUT2D eigenvalue weighted by molar-refractivity contribution is -0.137. The third-order valence-electron chi connectivity index (χ3n) is 8.70. The van der Waals surface area contributed by atoms with Crippen molar-refractivity contribution in [2.45, 2.75) is 64.3 Å². The van der Waals surface area contributed by atoms with E-state index >= 15 is 0 Å². The van der Waals surface area contributed by atoms with Crippen molar-refractivity contribution in [1.82, 2.24) is 14.9 Å². The summed E-state index contributed by atoms with van der Waals surface area (Å²) in [4.78, 5) is 23.2. The molecule has 5 aliphatic rings. The first-order chi connectivity index (χ1) is 17.3. The van der Waals surface area contributed by atoms with Crippen LogP contribution in [0.5, 0.6) is 0 Å². The maximum absolute atomic E-state index is 12.7. The molecule has 9 heteroatoms. The summed E-state index contributed by atoms with van der Waals surface area (Å²) in [6.45, 7) is 1.69. The Bertz CT molecular complexity index is 1100. The van der Waals surface area contributed by atoms with Crippen molar-refractivity contribution in [3.05, 3.63) is 53.0 Å². The molecule has 1 aliphatic heterocycles. The average molecular weight is 501 g/mol. The Morgan fingerprint density at radius 3 is 2.36 bits per heavy atom. The molecule has 0 atom stereocenters. The van der Waals surface area contributed by atoms with E-state index in [1.165, 1.54) is 50.7 Å². The van der Waals surface area contributed by atoms with Crippen molar-refractivity contribution < 1.29 is 22.7 Å². The number of fused-ring (bicyclic) bond motifs is 1. The number of halogens is 3. The number of amides is 1. The fraction of sp³-hybridized carbons (Fsp3) is 0.593. The predicted octanol–water partition coefficient (Wildman–Crippen LogP) is 5.82. The van der Waals surface area contributed by atoms with Crippen LogP contribution in [0.15, 0.2) is 30.6 Å². The van der Waals surface area contributed by atoms with Crippen molar-refractivity contribution >= 4 is 11.9 Å². The second-order valence-corrected chi connectivity index (χ2v) is 11.3. The molecule has 1 aromatic heterocycles. The number of carbonyl (C=O) groups is 1. The van der Waals surface area contributed by atoms with Crippen LogP contribution in [0.25, 0.3) is 0 Å². The number of benzene rings is 1. The van der Waals surface area contributed by atoms with E-state index in [1.807, 2.05) is 0 Å². The summed E-state index contributed by atoms with van der Waals surface area (Å²) < 4.78 is 43.6. The van der Waals surface area contributed by atoms with Gasteiger partial charge in [0.2, 0.25) is 0 Å². The van der Waals surface area contributed by atoms with Crippen LogP contribution in [0, 0.1) is 23.2 Å². The number of ether oxygens (including phenoxy) is 1. The fourth-order valence-electron chi connectivity index (χ4n) is 7.47. The number of hydrogen-bond donors (Lipinski definition) is 1. The van der Waals surface area contributed by atoms with Crippen LogP contribution >= 0.6 is 0 Å². The number of rotatable bonds is 5. The Hall–Kier alpha value is -2.84. The Morgan fingerprint density at radius 1 is 1.06 bits per heavy atom. The molecule has 7 rings (SSSR count). The number of aromatic nitrogens is 2. The largest absolute Gasteiger partial charge is 0.445 e. The second-order valence-electron chi connectivity index (χ2n) is 11.3. The summed E-state index contributed by atoms with van der Waals surface area (Å²) in [6, 6.07) is 4.65. The van der Waals surface area contributed by atoms with E-state index < -0.39 is 17.8 Å². The smallest absolute Gasteiger partial charge is 0.416 e. The zero-order valence-electron chi connectivity index (χ0n) is 20.2. The van der Waals surface area contributed by atoms with Gasteiger partial charge in [-0.05, 0) is 85.8 Å². The van der Waals surface area contributed by atoms with Gasteiger partial charge in [0.25, 0.3) is 0 Å². The minimum Gasteiger partial charge on any atom is -0.445 e. The summed E-state index contributed by atoms with van der Waals surface area (Å²) in [7, 11) is 0. The maximum atomic E-state index is 12.7. The van der Waals surface area contributed by atoms with Crippen molar-refractivity contribution in [2.24, 2.45) is 23.2 Å². The fourth-order valence-corrected chi connectivity index (χ4v) is 7.47. The van der Waals surface area contributed by atoms with Crippen molar-refractivity contribution in [3.63, 3.8) is 0 Å². The molecule has 6 nitrogen and oxygen atoms in total. The number of hydrogen-bond acceptors (Lipinski definition) is 5. The highest BCUT2D eigenvalue weighted by Crippen LogP contribution is 2.60. The summed E-state index contributed by atoms with van der Waals surface area (Å²) >= 11 is 0. The Labute approximate surface area is 208 Å². The lowest BCUT2D eigenvalue weighted by atomic mass is 9.49. The SMILES string of the molecule is O=C(OCc1ccc(C(F)(F)F)cc1)N1CCc2c(ncnc2NCC23CC4CC(CC(C4)C2)C3)C1. The topological polar surface area (TPSA) is 67.3 Å². The van der Waals surface area contributed by atoms with E-state index in [1.54, 1.807) is 11.2 Å². The molecule has 1 aromatic carbocycles. The van der Waals surface area contributed by atoms with Gasteiger partial charge in [0.05, 0.1) is 17.8 Å². The molecule has 0 spiro atoms. The number of alkyl halides is 3. The van der Waals surface area contributed by atoms with Crippen molar-refractivity contribution in [2.75, 3.05) is 18.4 Å². The minimum atomic E-state index is -4.39. The molecule has 4 fully saturated rings. The quantitative estimate of drug-likeness (QED) is 0.561. The van der Waals surface area contributed by atoms with Crippen LogP contribution in [-0.4, -0.2) is 34.1 Å². The van der Waals surface area contributed by atoms with E-state index in [-0.39, 0.29) is 6.61 Å². The van der Waals surface area contributed by atoms with Crippen LogP contribution in [0.1, 0.15) is 60.9 Å². The normalized spacial score (nSPS) is 28.6. The summed E-state index contributed by atoms with van der Waals surface area (Å²) in [6.07, 6.45) is 5.57. The molecule has 192 valence electrons. The highest BCUT2D eigenvalue weighted by atomic mass is 19.4. The van der Waals surface area contributed by atoms with Crippen LogP contribution in [-0.2, 0) is 30.5 Å². The van der Waals surface area contributed by atoms with Gasteiger partial charge in [-0.25, -0.2) is 14.8 Å². The van der Waals surface area contributed by atoms with Crippen LogP contribution < -0.4 is 5.32 Å². The monoisotopic (exact) mass is 500 g/mol. The van der Waals surface area contributed by atoms with E-state index in [9.17, 15) is 18.0 Å². The molecule has 0 unspecified atom stereocenters. The summed E-state index contributed by atoms with van der Waals surface area (Å²) in [5.74, 6) is 3.59. The van der Waals surface area contributed by atoms with Gasteiger partial charge in [-0.1, -0.05) is 12.1 Å². The molecule has 4 saturated carbocycles. The van der Waals surface area contributed by atoms with Gasteiger partial charge in [0.15, 0.2) is 0 Å². The first kappa shape index (κ1) is 23.6. The summed E-state index contributed by atoms with van der Waals surface area (Å²) in [5.41, 5.74) is 2.06. The van der Waals surface area contributed by atoms with E-state index in [0.29, 0.717) is 30.5 Å². The minimum absolute atomic E-state index is 0.0814. The molecule has 36 heavy (non-hydrogen) atoms. The van der Waals surface area contributed by atoms with Crippen LogP contribution in [0.2, 0.25) is 0 Å². The van der Waals surface area contributed by atoms with Gasteiger partial charge in [-0.3, -0.25) is 0 Å². The Balaban J connectivity index is 1.06. The molecule has 4 bridgehead atoms. The lowest BCUT2D eigenvalue weighted by Crippen LogP contribution is -2.49. The maximum Gasteiger partial charge on any atom is 0.416 e. The summed E-state index contributed by atoms with van der Waals surface area (Å²) in [5, 5.41) is 3.67. The lowest BCUT2D eigenvalue weighted by Gasteiger charge is -2.57. The van der Waals surface area contributed by atoms with Gasteiger partial charge in [0, 0.05) is 18.7 Å². The van der Waals surface area contributed by atoms with Gasteiger partial charge < -0.3 is 15.0 Å². The molecular formula is C27H31F3N4O2. The molecule has 0 saturated heterocycles. The van der Waals surface area contributed by atoms with E-state index in [2.05, 4.69) is 15.3 Å². The van der Waals surface area contributed by atoms with E-state index in [0.717, 1.165) is 53.5 Å². The van der Waals surface area contributed by atoms with Gasteiger partial charge >= 0.3 is 12.3 Å². The highest BCUT2D eigenvalue weighted by Gasteiger charge is 2.50. The molecular weight excluding hydrogens is 469 g/mol. The third kappa shape index (κ3) is 4.64. The molecule has 2 aromatic rings. The standard InChI is InChI=1S/C27H31F3N4O2/c28-27(29,30)21-3-1-17(2-4-21)14-36-25(35)34-6-5-22-23(13-34)32-16-33-24(22)31-15-26-10-18-7-19(11-26)9-20(8-18)12-26/h1-4,16,18-20H,5-15H2,(H,31,32,33). The second kappa shape index (κ2) is 8.92. The zero-order valence-corrected chi connectivity index (χ0v) is 20.2. The van der Waals surface area contributed by atoms with Crippen molar-refractivity contribution in [3.8, 4) is 0 Å². The number of nitrogens with zero attached hydrogens (tertiary/aromatic N) is 3. The number of nitrogens with one attached hydrogen (secondary N) is 1. The third-order valence-corrected chi connectivity index (χ3v) is 8.70. The highest BCUT2D eigenvalue weighted by molar-refractivity contribution is 5.68. The molecule has 0 radical (unpaired) electrons. The predicted molar refractivity (Wildman–Crippen MR) is 127 cm³/mol. The first-order valence-corrected chi connectivity index (χ1v) is 12.9. The van der Waals surface area contributed by atoms with Crippen molar-refractivity contribution in [1.29, 1.82) is 0 Å². The Morgan fingerprint density at radius 2 is 1.72 bits per heavy atom. The van der Waals surface area contributed by atoms with E-state index in [4.69, 9.17) is 4.74 Å². The molecule has 4 aliphatic carbocycles. The molecule has 1 amide bonds. The molecule has 2 heterocycles. The van der Waals surface area contributed by atoms with Gasteiger partial charge in [0.1, 0.15) is 18.8 Å². The Kier molecular flexibility index (Phi) is 5.84. The first-order valence-electron chi connectivity index (χ1n) is 12.9. The molecule has 1 N–H and O–H groups in total. The number of carbonyl (C=O) groups excluding carboxylic acids is 1. The van der Waals surface area contributed by atoms with Gasteiger partial charge in [-0.2, -0.15) is 13.2 Å². The van der Waals surface area contributed by atoms with Crippen LogP contribution in [0.3, 0.4) is 0 Å². The van der Waals surface area contributed by atoms with Gasteiger partial charge in [-0.15, -0.1) is 0 Å². The average Bonchev–Trinajstić information content (AvgIpc) is 2.84. The number of anilines is 1.